The van der Waals surface area contributed by atoms with Gasteiger partial charge < -0.3 is 5.73 Å². The van der Waals surface area contributed by atoms with E-state index in [-0.39, 0.29) is 10.9 Å². The lowest BCUT2D eigenvalue weighted by atomic mass is 10.2. The quantitative estimate of drug-likeness (QED) is 0.835. The van der Waals surface area contributed by atoms with Crippen LogP contribution in [-0.2, 0) is 16.6 Å². The van der Waals surface area contributed by atoms with Crippen molar-refractivity contribution in [2.75, 3.05) is 0 Å². The van der Waals surface area contributed by atoms with E-state index in [1.165, 1.54) is 11.3 Å². The fraction of sp³-hybridized carbons (Fsp3) is 0.600. The molecule has 0 aromatic carbocycles. The highest BCUT2D eigenvalue weighted by atomic mass is 79.9. The summed E-state index contributed by atoms with van der Waals surface area (Å²) in [6, 6.07) is 1.60. The number of hydrogen-bond donors (Lipinski definition) is 2. The second-order valence-corrected chi connectivity index (χ2v) is 7.83. The number of halogens is 1. The zero-order chi connectivity index (χ0) is 13.1. The van der Waals surface area contributed by atoms with Crippen molar-refractivity contribution in [1.29, 1.82) is 0 Å². The number of nitrogens with two attached hydrogens (primary N) is 1. The number of sulfonamides is 1. The molecule has 7 heteroatoms. The Balaban J connectivity index is 3.00. The Morgan fingerprint density at radius 2 is 2.06 bits per heavy atom. The van der Waals surface area contributed by atoms with Gasteiger partial charge in [-0.15, -0.1) is 11.3 Å². The summed E-state index contributed by atoms with van der Waals surface area (Å²) in [6.07, 6.45) is 1.56. The summed E-state index contributed by atoms with van der Waals surface area (Å²) >= 11 is 4.63. The van der Waals surface area contributed by atoms with Gasteiger partial charge in [-0.25, -0.2) is 13.1 Å². The number of nitrogens with one attached hydrogen (secondary N) is 1. The molecule has 1 aromatic heterocycles. The first-order chi connectivity index (χ1) is 7.94. The molecule has 17 heavy (non-hydrogen) atoms. The van der Waals surface area contributed by atoms with Crippen molar-refractivity contribution in [3.8, 4) is 0 Å². The molecule has 0 aliphatic carbocycles. The van der Waals surface area contributed by atoms with Crippen LogP contribution in [0.15, 0.2) is 14.7 Å². The van der Waals surface area contributed by atoms with Crippen LogP contribution in [0, 0.1) is 0 Å². The minimum Gasteiger partial charge on any atom is -0.326 e. The monoisotopic (exact) mass is 340 g/mol. The average Bonchev–Trinajstić information content (AvgIpc) is 2.68. The predicted octanol–water partition coefficient (Wildman–Crippen LogP) is 2.44. The summed E-state index contributed by atoms with van der Waals surface area (Å²) in [4.78, 5) is 1.14. The topological polar surface area (TPSA) is 72.2 Å². The van der Waals surface area contributed by atoms with Gasteiger partial charge in [0.2, 0.25) is 10.0 Å². The maximum atomic E-state index is 12.1. The first-order valence-electron chi connectivity index (χ1n) is 5.45. The maximum absolute atomic E-state index is 12.1. The van der Waals surface area contributed by atoms with Crippen molar-refractivity contribution >= 4 is 37.3 Å². The molecular weight excluding hydrogens is 324 g/mol. The van der Waals surface area contributed by atoms with Gasteiger partial charge in [-0.3, -0.25) is 0 Å². The lowest BCUT2D eigenvalue weighted by Gasteiger charge is -2.14. The Labute approximate surface area is 115 Å². The Bertz CT molecular complexity index is 467. The molecule has 0 aliphatic heterocycles. The largest absolute Gasteiger partial charge is 0.326 e. The lowest BCUT2D eigenvalue weighted by Crippen LogP contribution is -2.33. The van der Waals surface area contributed by atoms with E-state index < -0.39 is 10.0 Å². The standard InChI is InChI=1S/C10H17BrN2O2S2/c1-3-7(4-2)13-17(14,15)9-5-8(6-12)16-10(9)11/h5,7,13H,3-4,6,12H2,1-2H3. The number of rotatable bonds is 6. The first kappa shape index (κ1) is 15.1. The van der Waals surface area contributed by atoms with Crippen molar-refractivity contribution < 1.29 is 8.42 Å². The molecule has 0 fully saturated rings. The highest BCUT2D eigenvalue weighted by Gasteiger charge is 2.22. The van der Waals surface area contributed by atoms with Crippen LogP contribution in [0.1, 0.15) is 31.6 Å². The van der Waals surface area contributed by atoms with Gasteiger partial charge in [0.1, 0.15) is 4.90 Å². The summed E-state index contributed by atoms with van der Waals surface area (Å²) in [7, 11) is -3.45. The smallest absolute Gasteiger partial charge is 0.242 e. The van der Waals surface area contributed by atoms with Gasteiger partial charge in [-0.1, -0.05) is 13.8 Å². The number of thiophene rings is 1. The third-order valence-electron chi connectivity index (χ3n) is 2.50. The molecule has 1 rings (SSSR count). The van der Waals surface area contributed by atoms with E-state index in [1.807, 2.05) is 13.8 Å². The third-order valence-corrected chi connectivity index (χ3v) is 6.30. The third kappa shape index (κ3) is 3.75. The highest BCUT2D eigenvalue weighted by Crippen LogP contribution is 2.31. The van der Waals surface area contributed by atoms with Gasteiger partial charge in [0, 0.05) is 17.5 Å². The molecule has 0 aliphatic rings. The molecule has 1 aromatic rings. The van der Waals surface area contributed by atoms with Crippen molar-refractivity contribution in [3.05, 3.63) is 14.7 Å². The van der Waals surface area contributed by atoms with Gasteiger partial charge in [0.05, 0.1) is 3.79 Å². The zero-order valence-electron chi connectivity index (χ0n) is 9.86. The Morgan fingerprint density at radius 3 is 2.47 bits per heavy atom. The number of hydrogen-bond acceptors (Lipinski definition) is 4. The molecule has 1 heterocycles. The van der Waals surface area contributed by atoms with Crippen molar-refractivity contribution in [2.45, 2.75) is 44.2 Å². The Morgan fingerprint density at radius 1 is 1.47 bits per heavy atom. The van der Waals surface area contributed by atoms with Gasteiger partial charge >= 0.3 is 0 Å². The van der Waals surface area contributed by atoms with E-state index in [1.54, 1.807) is 6.07 Å². The molecular formula is C10H17BrN2O2S2. The van der Waals surface area contributed by atoms with Crippen LogP contribution < -0.4 is 10.5 Å². The minimum atomic E-state index is -3.45. The molecule has 4 nitrogen and oxygen atoms in total. The van der Waals surface area contributed by atoms with Crippen LogP contribution in [0.5, 0.6) is 0 Å². The molecule has 98 valence electrons. The molecule has 0 atom stereocenters. The lowest BCUT2D eigenvalue weighted by molar-refractivity contribution is 0.530. The molecule has 3 N–H and O–H groups in total. The van der Waals surface area contributed by atoms with Gasteiger partial charge in [0.15, 0.2) is 0 Å². The van der Waals surface area contributed by atoms with Gasteiger partial charge in [0.25, 0.3) is 0 Å². The van der Waals surface area contributed by atoms with E-state index in [0.717, 1.165) is 17.7 Å². The van der Waals surface area contributed by atoms with Crippen LogP contribution in [0.4, 0.5) is 0 Å². The van der Waals surface area contributed by atoms with Crippen molar-refractivity contribution in [1.82, 2.24) is 4.72 Å². The molecule has 0 bridgehead atoms. The van der Waals surface area contributed by atoms with E-state index in [2.05, 4.69) is 20.7 Å². The van der Waals surface area contributed by atoms with Crippen LogP contribution in [-0.4, -0.2) is 14.5 Å². The predicted molar refractivity (Wildman–Crippen MR) is 74.6 cm³/mol. The van der Waals surface area contributed by atoms with E-state index in [4.69, 9.17) is 5.73 Å². The molecule has 0 amide bonds. The average molecular weight is 341 g/mol. The van der Waals surface area contributed by atoms with Crippen molar-refractivity contribution in [3.63, 3.8) is 0 Å². The zero-order valence-corrected chi connectivity index (χ0v) is 13.1. The van der Waals surface area contributed by atoms with Gasteiger partial charge in [-0.2, -0.15) is 0 Å². The van der Waals surface area contributed by atoms with Crippen LogP contribution >= 0.6 is 27.3 Å². The van der Waals surface area contributed by atoms with Gasteiger partial charge in [-0.05, 0) is 34.8 Å². The molecule has 0 unspecified atom stereocenters. The minimum absolute atomic E-state index is 0.0203. The fourth-order valence-electron chi connectivity index (χ4n) is 1.42. The molecule has 0 saturated heterocycles. The summed E-state index contributed by atoms with van der Waals surface area (Å²) in [5.74, 6) is 0. The van der Waals surface area contributed by atoms with Crippen molar-refractivity contribution in [2.24, 2.45) is 5.73 Å². The van der Waals surface area contributed by atoms with Crippen LogP contribution in [0.25, 0.3) is 0 Å². The fourth-order valence-corrected chi connectivity index (χ4v) is 5.38. The summed E-state index contributed by atoms with van der Waals surface area (Å²) in [5.41, 5.74) is 5.50. The SMILES string of the molecule is CCC(CC)NS(=O)(=O)c1cc(CN)sc1Br. The maximum Gasteiger partial charge on any atom is 0.242 e. The van der Waals surface area contributed by atoms with E-state index >= 15 is 0 Å². The second kappa shape index (κ2) is 6.29. The molecule has 0 saturated carbocycles. The van der Waals surface area contributed by atoms with E-state index in [0.29, 0.717) is 10.3 Å². The summed E-state index contributed by atoms with van der Waals surface area (Å²) in [6.45, 7) is 4.28. The highest BCUT2D eigenvalue weighted by molar-refractivity contribution is 9.11. The Hall–Kier alpha value is 0.0500. The molecule has 0 radical (unpaired) electrons. The summed E-state index contributed by atoms with van der Waals surface area (Å²) in [5, 5.41) is 0. The van der Waals surface area contributed by atoms with Crippen LogP contribution in [0.3, 0.4) is 0 Å². The normalized spacial score (nSPS) is 12.3. The Kier molecular flexibility index (Phi) is 5.59. The first-order valence-corrected chi connectivity index (χ1v) is 8.54. The van der Waals surface area contributed by atoms with Crippen LogP contribution in [0.2, 0.25) is 0 Å². The molecule has 0 spiro atoms. The summed E-state index contributed by atoms with van der Waals surface area (Å²) < 4.78 is 27.6. The second-order valence-electron chi connectivity index (χ2n) is 3.69. The van der Waals surface area contributed by atoms with E-state index in [9.17, 15) is 8.42 Å².